The predicted octanol–water partition coefficient (Wildman–Crippen LogP) is 1.93. The smallest absolute Gasteiger partial charge is 0.0872 e. The van der Waals surface area contributed by atoms with Gasteiger partial charge in [-0.3, -0.25) is 16.2 Å². The van der Waals surface area contributed by atoms with E-state index in [0.29, 0.717) is 6.04 Å². The Morgan fingerprint density at radius 3 is 2.70 bits per heavy atom. The highest BCUT2D eigenvalue weighted by Gasteiger charge is 2.28. The lowest BCUT2D eigenvalue weighted by Crippen LogP contribution is -2.56. The predicted molar refractivity (Wildman–Crippen MR) is 85.4 cm³/mol. The lowest BCUT2D eigenvalue weighted by molar-refractivity contribution is -0.0552. The lowest BCUT2D eigenvalue weighted by atomic mass is 10.00. The van der Waals surface area contributed by atoms with E-state index in [4.69, 9.17) is 10.6 Å². The molecule has 1 aromatic rings. The summed E-state index contributed by atoms with van der Waals surface area (Å²) in [4.78, 5) is 2.44. The molecule has 1 fully saturated rings. The third-order valence-corrected chi connectivity index (χ3v) is 4.42. The molecule has 0 aromatic heterocycles. The number of nitrogens with two attached hydrogens (primary N) is 1. The molecule has 0 bridgehead atoms. The molecule has 1 aromatic carbocycles. The maximum absolute atomic E-state index is 5.91. The summed E-state index contributed by atoms with van der Waals surface area (Å²) in [7, 11) is 0. The van der Waals surface area contributed by atoms with Gasteiger partial charge in [0.15, 0.2) is 0 Å². The molecule has 1 heterocycles. The van der Waals surface area contributed by atoms with Gasteiger partial charge in [0.05, 0.1) is 18.8 Å². The summed E-state index contributed by atoms with van der Waals surface area (Å²) in [6.45, 7) is 7.16. The Hall–Kier alpha value is -0.460. The molecule has 4 nitrogen and oxygen atoms in total. The second kappa shape index (κ2) is 7.52. The average Bonchev–Trinajstić information content (AvgIpc) is 2.46. The number of halogens is 1. The summed E-state index contributed by atoms with van der Waals surface area (Å²) in [6, 6.07) is 9.05. The first-order valence-corrected chi connectivity index (χ1v) is 7.95. The van der Waals surface area contributed by atoms with E-state index in [1.54, 1.807) is 0 Å². The number of nitrogens with zero attached hydrogens (tertiary/aromatic N) is 1. The summed E-state index contributed by atoms with van der Waals surface area (Å²) < 4.78 is 7.01. The van der Waals surface area contributed by atoms with Crippen molar-refractivity contribution >= 4 is 15.9 Å². The maximum Gasteiger partial charge on any atom is 0.0872 e. The van der Waals surface area contributed by atoms with Crippen LogP contribution in [-0.2, 0) is 11.2 Å². The van der Waals surface area contributed by atoms with Gasteiger partial charge < -0.3 is 4.74 Å². The molecule has 1 aliphatic rings. The van der Waals surface area contributed by atoms with Crippen LogP contribution in [-0.4, -0.2) is 42.8 Å². The Bertz CT molecular complexity index is 410. The molecule has 0 spiro atoms. The van der Waals surface area contributed by atoms with Crippen molar-refractivity contribution in [2.45, 2.75) is 38.5 Å². The van der Waals surface area contributed by atoms with E-state index >= 15 is 0 Å². The van der Waals surface area contributed by atoms with Crippen LogP contribution in [0.25, 0.3) is 0 Å². The average molecular weight is 342 g/mol. The Balaban J connectivity index is 1.98. The van der Waals surface area contributed by atoms with Crippen molar-refractivity contribution in [2.24, 2.45) is 5.84 Å². The zero-order valence-corrected chi connectivity index (χ0v) is 13.8. The third kappa shape index (κ3) is 4.27. The number of hydrogen-bond donors (Lipinski definition) is 2. The van der Waals surface area contributed by atoms with E-state index in [2.05, 4.69) is 64.4 Å². The van der Waals surface area contributed by atoms with Crippen LogP contribution in [0.4, 0.5) is 0 Å². The van der Waals surface area contributed by atoms with Crippen molar-refractivity contribution in [1.82, 2.24) is 10.3 Å². The van der Waals surface area contributed by atoms with Gasteiger partial charge in [0.1, 0.15) is 0 Å². The zero-order valence-electron chi connectivity index (χ0n) is 12.2. The van der Waals surface area contributed by atoms with Crippen LogP contribution in [0.5, 0.6) is 0 Å². The van der Waals surface area contributed by atoms with E-state index in [-0.39, 0.29) is 12.1 Å². The van der Waals surface area contributed by atoms with Crippen LogP contribution in [0.1, 0.15) is 19.4 Å². The Morgan fingerprint density at radius 1 is 1.40 bits per heavy atom. The topological polar surface area (TPSA) is 50.5 Å². The Morgan fingerprint density at radius 2 is 2.10 bits per heavy atom. The fourth-order valence-corrected chi connectivity index (χ4v) is 2.85. The van der Waals surface area contributed by atoms with E-state index in [9.17, 15) is 0 Å². The lowest BCUT2D eigenvalue weighted by Gasteiger charge is -2.38. The molecule has 0 aliphatic carbocycles. The van der Waals surface area contributed by atoms with Crippen molar-refractivity contribution < 1.29 is 4.74 Å². The highest BCUT2D eigenvalue weighted by atomic mass is 79.9. The van der Waals surface area contributed by atoms with Gasteiger partial charge in [-0.25, -0.2) is 0 Å². The fourth-order valence-electron chi connectivity index (χ4n) is 2.58. The molecular formula is C15H24BrN3O. The first kappa shape index (κ1) is 15.9. The van der Waals surface area contributed by atoms with Gasteiger partial charge in [0.25, 0.3) is 0 Å². The number of rotatable bonds is 5. The molecule has 5 heteroatoms. The molecule has 3 N–H and O–H groups in total. The number of hydrazine groups is 1. The number of benzene rings is 1. The largest absolute Gasteiger partial charge is 0.374 e. The quantitative estimate of drug-likeness (QED) is 0.634. The molecule has 1 saturated heterocycles. The monoisotopic (exact) mass is 341 g/mol. The molecule has 20 heavy (non-hydrogen) atoms. The minimum atomic E-state index is 0.137. The van der Waals surface area contributed by atoms with E-state index in [1.165, 1.54) is 5.56 Å². The van der Waals surface area contributed by atoms with E-state index in [1.807, 2.05) is 0 Å². The van der Waals surface area contributed by atoms with Gasteiger partial charge in [-0.05, 0) is 38.0 Å². The summed E-state index contributed by atoms with van der Waals surface area (Å²) in [5.41, 5.74) is 4.20. The van der Waals surface area contributed by atoms with Crippen molar-refractivity contribution in [2.75, 3.05) is 19.7 Å². The van der Waals surface area contributed by atoms with Gasteiger partial charge >= 0.3 is 0 Å². The van der Waals surface area contributed by atoms with Crippen LogP contribution in [0.3, 0.4) is 0 Å². The Kier molecular flexibility index (Phi) is 5.99. The van der Waals surface area contributed by atoms with Gasteiger partial charge in [-0.2, -0.15) is 0 Å². The third-order valence-electron chi connectivity index (χ3n) is 3.89. The van der Waals surface area contributed by atoms with Crippen molar-refractivity contribution in [1.29, 1.82) is 0 Å². The number of ether oxygens (including phenoxy) is 1. The van der Waals surface area contributed by atoms with Crippen LogP contribution >= 0.6 is 15.9 Å². The van der Waals surface area contributed by atoms with Crippen LogP contribution in [0.2, 0.25) is 0 Å². The van der Waals surface area contributed by atoms with Crippen LogP contribution in [0.15, 0.2) is 28.7 Å². The maximum atomic E-state index is 5.91. The van der Waals surface area contributed by atoms with Crippen molar-refractivity contribution in [3.8, 4) is 0 Å². The molecular weight excluding hydrogens is 318 g/mol. The summed E-state index contributed by atoms with van der Waals surface area (Å²) in [6.07, 6.45) is 1.01. The molecule has 0 radical (unpaired) electrons. The van der Waals surface area contributed by atoms with Crippen LogP contribution < -0.4 is 11.3 Å². The normalized spacial score (nSPS) is 22.1. The second-order valence-electron chi connectivity index (χ2n) is 5.60. The summed E-state index contributed by atoms with van der Waals surface area (Å²) in [5, 5.41) is 0. The minimum absolute atomic E-state index is 0.137. The van der Waals surface area contributed by atoms with Crippen molar-refractivity contribution in [3.63, 3.8) is 0 Å². The van der Waals surface area contributed by atoms with E-state index in [0.717, 1.165) is 30.6 Å². The zero-order chi connectivity index (χ0) is 14.5. The summed E-state index contributed by atoms with van der Waals surface area (Å²) in [5.74, 6) is 5.75. The molecule has 0 amide bonds. The molecule has 2 unspecified atom stereocenters. The number of hydrogen-bond acceptors (Lipinski definition) is 4. The van der Waals surface area contributed by atoms with Crippen molar-refractivity contribution in [3.05, 3.63) is 34.3 Å². The van der Waals surface area contributed by atoms with Gasteiger partial charge in [-0.1, -0.05) is 28.1 Å². The molecule has 2 atom stereocenters. The minimum Gasteiger partial charge on any atom is -0.374 e. The van der Waals surface area contributed by atoms with Gasteiger partial charge in [0.2, 0.25) is 0 Å². The van der Waals surface area contributed by atoms with Gasteiger partial charge in [0, 0.05) is 23.6 Å². The molecule has 2 rings (SSSR count). The first-order chi connectivity index (χ1) is 9.60. The Labute approximate surface area is 129 Å². The van der Waals surface area contributed by atoms with Crippen LogP contribution in [0, 0.1) is 0 Å². The second-order valence-corrected chi connectivity index (χ2v) is 6.52. The number of morpholine rings is 1. The fraction of sp³-hybridized carbons (Fsp3) is 0.600. The summed E-state index contributed by atoms with van der Waals surface area (Å²) >= 11 is 3.46. The number of nitrogens with one attached hydrogen (secondary N) is 1. The highest BCUT2D eigenvalue weighted by Crippen LogP contribution is 2.16. The SMILES string of the molecule is CC(C)N1CCOC(C(Cc2ccc(Br)cc2)NN)C1. The standard InChI is InChI=1S/C15H24BrN3O/c1-11(2)19-7-8-20-15(10-19)14(18-17)9-12-3-5-13(16)6-4-12/h3-6,11,14-15,18H,7-10,17H2,1-2H3. The highest BCUT2D eigenvalue weighted by molar-refractivity contribution is 9.10. The molecule has 1 aliphatic heterocycles. The van der Waals surface area contributed by atoms with E-state index < -0.39 is 0 Å². The van der Waals surface area contributed by atoms with Gasteiger partial charge in [-0.15, -0.1) is 0 Å². The molecule has 112 valence electrons. The first-order valence-electron chi connectivity index (χ1n) is 7.16. The molecule has 0 saturated carbocycles.